The zero-order valence-corrected chi connectivity index (χ0v) is 33.5. The fraction of sp³-hybridized carbons (Fsp3) is 0. The smallest absolute Gasteiger partial charge is 0.136 e. The minimum atomic E-state index is 0.864. The Hall–Kier alpha value is -8.34. The van der Waals surface area contributed by atoms with Gasteiger partial charge >= 0.3 is 0 Å². The Bertz CT molecular complexity index is 3900. The van der Waals surface area contributed by atoms with Crippen molar-refractivity contribution in [2.24, 2.45) is 0 Å². The average Bonchev–Trinajstić information content (AvgIpc) is 3.89. The van der Waals surface area contributed by atoms with Crippen LogP contribution in [-0.4, -0.2) is 0 Å². The SMILES string of the molecule is c1ccc(N(c2cccc(N(c3ccc4ccc5cc6oc7ccccc7c6cc5c4c3)c3ccc4oc5ccccc5c4c3)c2)c2ccc3ccc4ccccc4c3c2)cc1. The van der Waals surface area contributed by atoms with Gasteiger partial charge in [-0.15, -0.1) is 0 Å². The van der Waals surface area contributed by atoms with E-state index in [1.54, 1.807) is 0 Å². The lowest BCUT2D eigenvalue weighted by atomic mass is 9.98. The van der Waals surface area contributed by atoms with Crippen molar-refractivity contribution in [1.29, 1.82) is 0 Å². The van der Waals surface area contributed by atoms with E-state index in [-0.39, 0.29) is 0 Å². The zero-order chi connectivity index (χ0) is 40.7. The van der Waals surface area contributed by atoms with Crippen molar-refractivity contribution < 1.29 is 8.83 Å². The lowest BCUT2D eigenvalue weighted by molar-refractivity contribution is 0.668. The van der Waals surface area contributed by atoms with Crippen molar-refractivity contribution >= 4 is 121 Å². The largest absolute Gasteiger partial charge is 0.456 e. The lowest BCUT2D eigenvalue weighted by Crippen LogP contribution is -2.13. The number of anilines is 6. The molecule has 2 aromatic heterocycles. The van der Waals surface area contributed by atoms with Crippen molar-refractivity contribution in [3.63, 3.8) is 0 Å². The third kappa shape index (κ3) is 5.47. The molecule has 0 radical (unpaired) electrons. The summed E-state index contributed by atoms with van der Waals surface area (Å²) in [4.78, 5) is 4.75. The van der Waals surface area contributed by atoms with Crippen LogP contribution in [0.5, 0.6) is 0 Å². The predicted molar refractivity (Wildman–Crippen MR) is 260 cm³/mol. The van der Waals surface area contributed by atoms with Gasteiger partial charge in [0, 0.05) is 55.7 Å². The van der Waals surface area contributed by atoms with E-state index in [9.17, 15) is 0 Å². The van der Waals surface area contributed by atoms with Crippen LogP contribution in [0.1, 0.15) is 0 Å². The molecule has 0 amide bonds. The third-order valence-electron chi connectivity index (χ3n) is 12.5. The molecule has 62 heavy (non-hydrogen) atoms. The van der Waals surface area contributed by atoms with Crippen molar-refractivity contribution in [3.05, 3.63) is 218 Å². The molecule has 0 unspecified atom stereocenters. The number of benzene rings is 11. The maximum Gasteiger partial charge on any atom is 0.136 e. The van der Waals surface area contributed by atoms with Crippen LogP contribution in [0.3, 0.4) is 0 Å². The van der Waals surface area contributed by atoms with Gasteiger partial charge in [-0.2, -0.15) is 0 Å². The van der Waals surface area contributed by atoms with Gasteiger partial charge in [0.05, 0.1) is 0 Å². The Balaban J connectivity index is 1.03. The highest BCUT2D eigenvalue weighted by Crippen LogP contribution is 2.45. The van der Waals surface area contributed by atoms with Gasteiger partial charge in [-0.1, -0.05) is 121 Å². The van der Waals surface area contributed by atoms with E-state index in [0.29, 0.717) is 0 Å². The Morgan fingerprint density at radius 3 is 1.32 bits per heavy atom. The van der Waals surface area contributed by atoms with Crippen molar-refractivity contribution in [2.75, 3.05) is 9.80 Å². The predicted octanol–water partition coefficient (Wildman–Crippen LogP) is 17.0. The first kappa shape index (κ1) is 34.5. The molecule has 11 aromatic carbocycles. The van der Waals surface area contributed by atoms with E-state index in [4.69, 9.17) is 8.83 Å². The van der Waals surface area contributed by atoms with Crippen LogP contribution in [-0.2, 0) is 0 Å². The number of hydrogen-bond acceptors (Lipinski definition) is 4. The summed E-state index contributed by atoms with van der Waals surface area (Å²) in [6.07, 6.45) is 0. The molecular weight excluding hydrogens is 757 g/mol. The summed E-state index contributed by atoms with van der Waals surface area (Å²) in [5.74, 6) is 0. The van der Waals surface area contributed by atoms with Crippen LogP contribution in [0.15, 0.2) is 227 Å². The standard InChI is InChI=1S/C58H36N2O2/c1-2-12-41(13-3-1)59(44-27-25-38-22-21-37-11-4-5-16-47(37)50(38)33-44)42-14-10-15-43(32-42)60(46-29-30-57-53(35-46)48-17-6-8-19-55(48)61-57)45-28-26-39-23-24-40-31-58-54(36-52(40)51(39)34-45)49-18-7-9-20-56(49)62-58/h1-36H. The maximum atomic E-state index is 6.34. The Morgan fingerprint density at radius 1 is 0.210 bits per heavy atom. The lowest BCUT2D eigenvalue weighted by Gasteiger charge is -2.30. The molecule has 13 aromatic rings. The van der Waals surface area contributed by atoms with E-state index >= 15 is 0 Å². The zero-order valence-electron chi connectivity index (χ0n) is 33.5. The third-order valence-corrected chi connectivity index (χ3v) is 12.5. The molecule has 0 aliphatic rings. The topological polar surface area (TPSA) is 32.8 Å². The molecule has 0 bridgehead atoms. The number of para-hydroxylation sites is 3. The molecule has 0 fully saturated rings. The second-order valence-electron chi connectivity index (χ2n) is 16.1. The molecule has 0 spiro atoms. The number of rotatable bonds is 6. The molecule has 0 N–H and O–H groups in total. The van der Waals surface area contributed by atoms with Gasteiger partial charge in [-0.25, -0.2) is 0 Å². The van der Waals surface area contributed by atoms with Gasteiger partial charge in [-0.05, 0) is 140 Å². The van der Waals surface area contributed by atoms with E-state index in [2.05, 4.69) is 204 Å². The Labute approximate surface area is 356 Å². The molecule has 4 heteroatoms. The summed E-state index contributed by atoms with van der Waals surface area (Å²) < 4.78 is 12.7. The number of furan rings is 2. The summed E-state index contributed by atoms with van der Waals surface area (Å²) in [7, 11) is 0. The van der Waals surface area contributed by atoms with Gasteiger partial charge in [0.15, 0.2) is 0 Å². The van der Waals surface area contributed by atoms with E-state index in [0.717, 1.165) is 83.4 Å². The van der Waals surface area contributed by atoms with Crippen molar-refractivity contribution in [3.8, 4) is 0 Å². The molecule has 290 valence electrons. The molecule has 0 aliphatic heterocycles. The fourth-order valence-corrected chi connectivity index (χ4v) is 9.62. The summed E-state index contributed by atoms with van der Waals surface area (Å²) in [6, 6.07) is 78.4. The molecule has 4 nitrogen and oxygen atoms in total. The van der Waals surface area contributed by atoms with Gasteiger partial charge in [0.25, 0.3) is 0 Å². The molecular formula is C58H36N2O2. The number of hydrogen-bond donors (Lipinski definition) is 0. The summed E-state index contributed by atoms with van der Waals surface area (Å²) in [6.45, 7) is 0. The maximum absolute atomic E-state index is 6.34. The Morgan fingerprint density at radius 2 is 0.629 bits per heavy atom. The second kappa shape index (κ2) is 13.6. The quantitative estimate of drug-likeness (QED) is 0.157. The van der Waals surface area contributed by atoms with Crippen molar-refractivity contribution in [2.45, 2.75) is 0 Å². The number of nitrogens with zero attached hydrogens (tertiary/aromatic N) is 2. The van der Waals surface area contributed by atoms with E-state index < -0.39 is 0 Å². The molecule has 0 atom stereocenters. The summed E-state index contributed by atoms with van der Waals surface area (Å²) >= 11 is 0. The minimum absolute atomic E-state index is 0.864. The molecule has 13 rings (SSSR count). The van der Waals surface area contributed by atoms with Crippen LogP contribution < -0.4 is 9.80 Å². The van der Waals surface area contributed by atoms with Gasteiger partial charge < -0.3 is 18.6 Å². The van der Waals surface area contributed by atoms with Gasteiger partial charge in [0.2, 0.25) is 0 Å². The first-order valence-electron chi connectivity index (χ1n) is 21.1. The molecule has 0 aliphatic carbocycles. The van der Waals surface area contributed by atoms with Crippen LogP contribution in [0.2, 0.25) is 0 Å². The first-order chi connectivity index (χ1) is 30.7. The van der Waals surface area contributed by atoms with Gasteiger partial charge in [-0.3, -0.25) is 0 Å². The normalized spacial score (nSPS) is 11.9. The van der Waals surface area contributed by atoms with Crippen LogP contribution in [0.4, 0.5) is 34.1 Å². The van der Waals surface area contributed by atoms with Crippen LogP contribution in [0, 0.1) is 0 Å². The molecule has 0 saturated heterocycles. The summed E-state index contributed by atoms with van der Waals surface area (Å²) in [5.41, 5.74) is 9.88. The van der Waals surface area contributed by atoms with Crippen molar-refractivity contribution in [1.82, 2.24) is 0 Å². The number of fused-ring (bicyclic) bond motifs is 12. The second-order valence-corrected chi connectivity index (χ2v) is 16.1. The Kier molecular flexibility index (Phi) is 7.57. The fourth-order valence-electron chi connectivity index (χ4n) is 9.62. The monoisotopic (exact) mass is 792 g/mol. The summed E-state index contributed by atoms with van der Waals surface area (Å²) in [5, 5.41) is 14.0. The highest BCUT2D eigenvalue weighted by atomic mass is 16.3. The minimum Gasteiger partial charge on any atom is -0.456 e. The first-order valence-corrected chi connectivity index (χ1v) is 21.1. The van der Waals surface area contributed by atoms with Crippen LogP contribution in [0.25, 0.3) is 87.0 Å². The van der Waals surface area contributed by atoms with Gasteiger partial charge in [0.1, 0.15) is 22.3 Å². The van der Waals surface area contributed by atoms with E-state index in [1.165, 1.54) is 37.7 Å². The van der Waals surface area contributed by atoms with Crippen LogP contribution >= 0.6 is 0 Å². The highest BCUT2D eigenvalue weighted by Gasteiger charge is 2.20. The molecule has 0 saturated carbocycles. The van der Waals surface area contributed by atoms with E-state index in [1.807, 2.05) is 24.3 Å². The highest BCUT2D eigenvalue weighted by molar-refractivity contribution is 6.17. The molecule has 2 heterocycles. The average molecular weight is 793 g/mol.